The number of aromatic nitrogens is 4. The fourth-order valence-corrected chi connectivity index (χ4v) is 1.96. The third-order valence-corrected chi connectivity index (χ3v) is 3.15. The Kier molecular flexibility index (Phi) is 6.36. The maximum atomic E-state index is 5.82. The first kappa shape index (κ1) is 16.7. The molecule has 2 aromatic rings. The van der Waals surface area contributed by atoms with E-state index in [9.17, 15) is 0 Å². The van der Waals surface area contributed by atoms with Gasteiger partial charge < -0.3 is 32.8 Å². The molecule has 0 aromatic carbocycles. The molecular weight excluding hydrogens is 296 g/mol. The molecule has 2 rings (SSSR count). The number of nitrogens with two attached hydrogens (primary N) is 3. The van der Waals surface area contributed by atoms with Crippen molar-refractivity contribution in [2.75, 3.05) is 37.2 Å². The van der Waals surface area contributed by atoms with Crippen molar-refractivity contribution < 1.29 is 0 Å². The van der Waals surface area contributed by atoms with Crippen LogP contribution in [0.1, 0.15) is 19.3 Å². The second kappa shape index (κ2) is 8.73. The summed E-state index contributed by atoms with van der Waals surface area (Å²) >= 11 is 0. The summed E-state index contributed by atoms with van der Waals surface area (Å²) in [7, 11) is 0. The first-order valence-corrected chi connectivity index (χ1v) is 7.65. The summed E-state index contributed by atoms with van der Waals surface area (Å²) in [6.07, 6.45) is 4.31. The number of H-pyrrole nitrogens is 1. The normalized spacial score (nSPS) is 11.8. The van der Waals surface area contributed by atoms with Crippen molar-refractivity contribution in [3.05, 3.63) is 6.33 Å². The van der Waals surface area contributed by atoms with E-state index in [0.717, 1.165) is 25.8 Å². The standard InChI is InChI=1S/C13H24N10/c14-4-1-2-5-17-12(16)18-6-3-7-19-13-22-10(15)9-11(23-13)21-8-20-9/h8H,1-7,14H2,(H3,16,17,18)(H4,15,19,20,21,22,23). The number of anilines is 2. The maximum Gasteiger partial charge on any atom is 0.226 e. The van der Waals surface area contributed by atoms with Crippen LogP contribution in [0.5, 0.6) is 0 Å². The van der Waals surface area contributed by atoms with E-state index in [1.165, 1.54) is 6.33 Å². The van der Waals surface area contributed by atoms with Crippen LogP contribution in [0.4, 0.5) is 11.8 Å². The Morgan fingerprint density at radius 3 is 2.91 bits per heavy atom. The van der Waals surface area contributed by atoms with Gasteiger partial charge >= 0.3 is 0 Å². The second-order valence-corrected chi connectivity index (χ2v) is 5.00. The fraction of sp³-hybridized carbons (Fsp3) is 0.538. The predicted molar refractivity (Wildman–Crippen MR) is 92.0 cm³/mol. The molecule has 0 atom stereocenters. The molecule has 0 saturated heterocycles. The Morgan fingerprint density at radius 1 is 1.22 bits per heavy atom. The molecule has 2 aromatic heterocycles. The molecule has 0 saturated carbocycles. The highest BCUT2D eigenvalue weighted by atomic mass is 15.2. The number of hydrogen-bond donors (Lipinski definition) is 6. The lowest BCUT2D eigenvalue weighted by molar-refractivity contribution is 0.712. The van der Waals surface area contributed by atoms with E-state index < -0.39 is 0 Å². The summed E-state index contributed by atoms with van der Waals surface area (Å²) in [5.74, 6) is 1.29. The van der Waals surface area contributed by atoms with Crippen molar-refractivity contribution in [1.29, 1.82) is 0 Å². The average molecular weight is 320 g/mol. The van der Waals surface area contributed by atoms with Gasteiger partial charge in [-0.3, -0.25) is 4.99 Å². The Morgan fingerprint density at radius 2 is 2.09 bits per heavy atom. The number of imidazole rings is 1. The SMILES string of the molecule is NCCCCNC(N)=NCCCNc1nc(N)c2[nH]cnc2n1. The molecule has 0 fully saturated rings. The molecule has 0 aliphatic heterocycles. The summed E-state index contributed by atoms with van der Waals surface area (Å²) in [5, 5.41) is 6.15. The zero-order valence-corrected chi connectivity index (χ0v) is 13.0. The first-order valence-electron chi connectivity index (χ1n) is 7.65. The number of guanidine groups is 1. The highest BCUT2D eigenvalue weighted by molar-refractivity contribution is 5.82. The maximum absolute atomic E-state index is 5.82. The quantitative estimate of drug-likeness (QED) is 0.202. The molecule has 126 valence electrons. The van der Waals surface area contributed by atoms with Crippen molar-refractivity contribution >= 4 is 28.9 Å². The molecule has 0 bridgehead atoms. The van der Waals surface area contributed by atoms with Crippen molar-refractivity contribution in [3.8, 4) is 0 Å². The van der Waals surface area contributed by atoms with Crippen molar-refractivity contribution in [2.45, 2.75) is 19.3 Å². The summed E-state index contributed by atoms with van der Waals surface area (Å²) in [6.45, 7) is 2.77. The fourth-order valence-electron chi connectivity index (χ4n) is 1.96. The van der Waals surface area contributed by atoms with Gasteiger partial charge in [0.2, 0.25) is 5.95 Å². The van der Waals surface area contributed by atoms with Crippen LogP contribution in [-0.2, 0) is 0 Å². The Labute approximate surface area is 134 Å². The van der Waals surface area contributed by atoms with E-state index in [1.807, 2.05) is 0 Å². The Bertz CT molecular complexity index is 635. The summed E-state index contributed by atoms with van der Waals surface area (Å²) < 4.78 is 0. The van der Waals surface area contributed by atoms with E-state index in [4.69, 9.17) is 17.2 Å². The molecule has 0 amide bonds. The van der Waals surface area contributed by atoms with Gasteiger partial charge in [-0.2, -0.15) is 9.97 Å². The van der Waals surface area contributed by atoms with Crippen molar-refractivity contribution in [2.24, 2.45) is 16.5 Å². The third kappa shape index (κ3) is 5.25. The third-order valence-electron chi connectivity index (χ3n) is 3.15. The lowest BCUT2D eigenvalue weighted by Gasteiger charge is -2.06. The van der Waals surface area contributed by atoms with Crippen LogP contribution in [0, 0.1) is 0 Å². The van der Waals surface area contributed by atoms with Crippen molar-refractivity contribution in [3.63, 3.8) is 0 Å². The van der Waals surface area contributed by atoms with Gasteiger partial charge in [-0.1, -0.05) is 0 Å². The predicted octanol–water partition coefficient (Wildman–Crippen LogP) is -0.620. The van der Waals surface area contributed by atoms with Crippen LogP contribution in [-0.4, -0.2) is 52.1 Å². The second-order valence-electron chi connectivity index (χ2n) is 5.00. The smallest absolute Gasteiger partial charge is 0.226 e. The number of rotatable bonds is 9. The minimum atomic E-state index is 0.374. The van der Waals surface area contributed by atoms with Gasteiger partial charge in [0.15, 0.2) is 17.4 Å². The number of aromatic amines is 1. The van der Waals surface area contributed by atoms with E-state index in [2.05, 4.69) is 35.6 Å². The topological polar surface area (TPSA) is 169 Å². The molecule has 0 aliphatic rings. The van der Waals surface area contributed by atoms with E-state index in [0.29, 0.717) is 48.5 Å². The number of nitrogen functional groups attached to an aromatic ring is 1. The number of hydrogen-bond acceptors (Lipinski definition) is 7. The highest BCUT2D eigenvalue weighted by Gasteiger charge is 2.06. The van der Waals surface area contributed by atoms with E-state index in [-0.39, 0.29) is 0 Å². The number of unbranched alkanes of at least 4 members (excludes halogenated alkanes) is 1. The molecular formula is C13H24N10. The van der Waals surface area contributed by atoms with Gasteiger partial charge in [-0.25, -0.2) is 4.98 Å². The molecule has 9 N–H and O–H groups in total. The zero-order valence-electron chi connectivity index (χ0n) is 13.0. The van der Waals surface area contributed by atoms with Crippen LogP contribution in [0.25, 0.3) is 11.2 Å². The summed E-state index contributed by atoms with van der Waals surface area (Å²) in [4.78, 5) is 19.6. The van der Waals surface area contributed by atoms with Crippen LogP contribution in [0.15, 0.2) is 11.3 Å². The van der Waals surface area contributed by atoms with Crippen LogP contribution < -0.4 is 27.8 Å². The summed E-state index contributed by atoms with van der Waals surface area (Å²) in [5.41, 5.74) is 18.2. The van der Waals surface area contributed by atoms with Gasteiger partial charge in [0.25, 0.3) is 0 Å². The van der Waals surface area contributed by atoms with Gasteiger partial charge in [0, 0.05) is 19.6 Å². The van der Waals surface area contributed by atoms with Crippen LogP contribution >= 0.6 is 0 Å². The zero-order chi connectivity index (χ0) is 16.5. The van der Waals surface area contributed by atoms with Gasteiger partial charge in [0.1, 0.15) is 5.52 Å². The van der Waals surface area contributed by atoms with Crippen molar-refractivity contribution in [1.82, 2.24) is 25.3 Å². The molecule has 23 heavy (non-hydrogen) atoms. The van der Waals surface area contributed by atoms with Gasteiger partial charge in [0.05, 0.1) is 6.33 Å². The molecule has 0 spiro atoms. The lowest BCUT2D eigenvalue weighted by Crippen LogP contribution is -2.32. The monoisotopic (exact) mass is 320 g/mol. The number of aliphatic imine (C=N–C) groups is 1. The Hall–Kier alpha value is -2.62. The van der Waals surface area contributed by atoms with E-state index in [1.54, 1.807) is 0 Å². The summed E-state index contributed by atoms with van der Waals surface area (Å²) in [6, 6.07) is 0. The minimum absolute atomic E-state index is 0.374. The molecule has 10 nitrogen and oxygen atoms in total. The number of fused-ring (bicyclic) bond motifs is 1. The minimum Gasteiger partial charge on any atom is -0.382 e. The number of nitrogens with zero attached hydrogens (tertiary/aromatic N) is 4. The van der Waals surface area contributed by atoms with Crippen LogP contribution in [0.3, 0.4) is 0 Å². The van der Waals surface area contributed by atoms with E-state index >= 15 is 0 Å². The highest BCUT2D eigenvalue weighted by Crippen LogP contribution is 2.14. The van der Waals surface area contributed by atoms with Crippen LogP contribution in [0.2, 0.25) is 0 Å². The van der Waals surface area contributed by atoms with Gasteiger partial charge in [-0.15, -0.1) is 0 Å². The molecule has 2 heterocycles. The number of nitrogens with one attached hydrogen (secondary N) is 3. The Balaban J connectivity index is 1.68. The van der Waals surface area contributed by atoms with Gasteiger partial charge in [-0.05, 0) is 25.8 Å². The molecule has 0 radical (unpaired) electrons. The average Bonchev–Trinajstić information content (AvgIpc) is 3.00. The molecule has 0 unspecified atom stereocenters. The largest absolute Gasteiger partial charge is 0.382 e. The first-order chi connectivity index (χ1) is 11.2. The molecule has 0 aliphatic carbocycles. The lowest BCUT2D eigenvalue weighted by atomic mass is 10.3. The molecule has 10 heteroatoms.